The SMILES string of the molecule is CCCn1nc(C(=O)NNC(=O)C2(c3cccc(Cl)c3)CCOCC2)c2ccccc2c1=O. The highest BCUT2D eigenvalue weighted by atomic mass is 35.5. The number of fused-ring (bicyclic) bond motifs is 1. The predicted molar refractivity (Wildman–Crippen MR) is 125 cm³/mol. The van der Waals surface area contributed by atoms with Gasteiger partial charge in [0, 0.05) is 30.2 Å². The first-order chi connectivity index (χ1) is 16.0. The molecule has 0 bridgehead atoms. The largest absolute Gasteiger partial charge is 0.381 e. The first-order valence-electron chi connectivity index (χ1n) is 10.9. The van der Waals surface area contributed by atoms with Gasteiger partial charge in [0.25, 0.3) is 11.5 Å². The lowest BCUT2D eigenvalue weighted by atomic mass is 9.73. The molecule has 0 radical (unpaired) electrons. The van der Waals surface area contributed by atoms with E-state index < -0.39 is 11.3 Å². The normalized spacial score (nSPS) is 15.2. The number of carbonyl (C=O) groups excluding carboxylic acids is 2. The summed E-state index contributed by atoms with van der Waals surface area (Å²) < 4.78 is 6.76. The van der Waals surface area contributed by atoms with Gasteiger partial charge in [0.15, 0.2) is 5.69 Å². The summed E-state index contributed by atoms with van der Waals surface area (Å²) in [5.74, 6) is -0.953. The smallest absolute Gasteiger partial charge is 0.290 e. The minimum absolute atomic E-state index is 0.0720. The maximum atomic E-state index is 13.4. The number of carbonyl (C=O) groups is 2. The fourth-order valence-electron chi connectivity index (χ4n) is 4.21. The van der Waals surface area contributed by atoms with Gasteiger partial charge in [0.2, 0.25) is 5.91 Å². The molecule has 0 atom stereocenters. The molecule has 9 heteroatoms. The number of rotatable bonds is 5. The first kappa shape index (κ1) is 22.9. The van der Waals surface area contributed by atoms with Crippen molar-refractivity contribution in [1.82, 2.24) is 20.6 Å². The van der Waals surface area contributed by atoms with E-state index in [9.17, 15) is 14.4 Å². The predicted octanol–water partition coefficient (Wildman–Crippen LogP) is 2.97. The van der Waals surface area contributed by atoms with Crippen molar-refractivity contribution in [3.63, 3.8) is 0 Å². The molecule has 8 nitrogen and oxygen atoms in total. The molecule has 3 aromatic rings. The molecular weight excluding hydrogens is 444 g/mol. The van der Waals surface area contributed by atoms with E-state index in [1.165, 1.54) is 4.68 Å². The number of nitrogens with zero attached hydrogens (tertiary/aromatic N) is 2. The van der Waals surface area contributed by atoms with Gasteiger partial charge in [-0.25, -0.2) is 4.68 Å². The minimum atomic E-state index is -0.882. The lowest BCUT2D eigenvalue weighted by Gasteiger charge is -2.36. The maximum Gasteiger partial charge on any atom is 0.290 e. The van der Waals surface area contributed by atoms with Crippen LogP contribution < -0.4 is 16.4 Å². The summed E-state index contributed by atoms with van der Waals surface area (Å²) in [5.41, 5.74) is 4.78. The molecule has 4 rings (SSSR count). The molecule has 2 amide bonds. The van der Waals surface area contributed by atoms with Crippen molar-refractivity contribution in [3.8, 4) is 0 Å². The fourth-order valence-corrected chi connectivity index (χ4v) is 4.40. The second kappa shape index (κ2) is 9.72. The third kappa shape index (κ3) is 4.49. The van der Waals surface area contributed by atoms with Crippen molar-refractivity contribution in [1.29, 1.82) is 0 Å². The van der Waals surface area contributed by atoms with Crippen molar-refractivity contribution in [3.05, 3.63) is 75.2 Å². The average molecular weight is 469 g/mol. The Hall–Kier alpha value is -3.23. The second-order valence-electron chi connectivity index (χ2n) is 8.04. The molecule has 0 aliphatic carbocycles. The van der Waals surface area contributed by atoms with Crippen LogP contribution in [-0.4, -0.2) is 34.8 Å². The van der Waals surface area contributed by atoms with E-state index in [2.05, 4.69) is 16.0 Å². The van der Waals surface area contributed by atoms with Crippen LogP contribution in [0.3, 0.4) is 0 Å². The van der Waals surface area contributed by atoms with Crippen molar-refractivity contribution >= 4 is 34.2 Å². The van der Waals surface area contributed by atoms with Crippen LogP contribution in [-0.2, 0) is 21.5 Å². The summed E-state index contributed by atoms with van der Waals surface area (Å²) in [4.78, 5) is 39.1. The molecule has 33 heavy (non-hydrogen) atoms. The van der Waals surface area contributed by atoms with Crippen LogP contribution in [0.4, 0.5) is 0 Å². The molecule has 0 unspecified atom stereocenters. The molecule has 1 aliphatic rings. The number of hydrazine groups is 1. The van der Waals surface area contributed by atoms with Gasteiger partial charge in [0.1, 0.15) is 0 Å². The standard InChI is InChI=1S/C24H25ClN4O4/c1-2-12-29-22(31)19-9-4-3-8-18(19)20(28-29)21(30)26-27-23(32)24(10-13-33-14-11-24)16-6-5-7-17(25)15-16/h3-9,15H,2,10-14H2,1H3,(H,26,30)(H,27,32). The quantitative estimate of drug-likeness (QED) is 0.560. The zero-order chi connectivity index (χ0) is 23.4. The van der Waals surface area contributed by atoms with Crippen LogP contribution in [0.15, 0.2) is 53.3 Å². The molecule has 2 aromatic carbocycles. The van der Waals surface area contributed by atoms with Crippen LogP contribution in [0.5, 0.6) is 0 Å². The topological polar surface area (TPSA) is 102 Å². The zero-order valence-electron chi connectivity index (χ0n) is 18.3. The van der Waals surface area contributed by atoms with Crippen LogP contribution in [0.1, 0.15) is 42.2 Å². The lowest BCUT2D eigenvalue weighted by molar-refractivity contribution is -0.131. The van der Waals surface area contributed by atoms with E-state index in [-0.39, 0.29) is 17.2 Å². The Kier molecular flexibility index (Phi) is 6.76. The lowest BCUT2D eigenvalue weighted by Crippen LogP contribution is -2.53. The van der Waals surface area contributed by atoms with E-state index in [0.29, 0.717) is 54.8 Å². The van der Waals surface area contributed by atoms with E-state index in [4.69, 9.17) is 16.3 Å². The van der Waals surface area contributed by atoms with Gasteiger partial charge in [-0.15, -0.1) is 0 Å². The number of aryl methyl sites for hydroxylation is 1. The van der Waals surface area contributed by atoms with Crippen molar-refractivity contribution in [2.24, 2.45) is 0 Å². The molecule has 1 saturated heterocycles. The average Bonchev–Trinajstić information content (AvgIpc) is 2.84. The number of benzene rings is 2. The highest BCUT2D eigenvalue weighted by Gasteiger charge is 2.42. The van der Waals surface area contributed by atoms with Crippen LogP contribution in [0.2, 0.25) is 5.02 Å². The fraction of sp³-hybridized carbons (Fsp3) is 0.333. The van der Waals surface area contributed by atoms with E-state index >= 15 is 0 Å². The Bertz CT molecular complexity index is 1250. The Labute approximate surface area is 195 Å². The number of ether oxygens (including phenoxy) is 1. The minimum Gasteiger partial charge on any atom is -0.381 e. The van der Waals surface area contributed by atoms with Crippen LogP contribution in [0.25, 0.3) is 10.8 Å². The summed E-state index contributed by atoms with van der Waals surface area (Å²) in [7, 11) is 0. The number of hydrogen-bond donors (Lipinski definition) is 2. The second-order valence-corrected chi connectivity index (χ2v) is 8.47. The van der Waals surface area contributed by atoms with Gasteiger partial charge in [-0.05, 0) is 43.0 Å². The Morgan fingerprint density at radius 2 is 1.82 bits per heavy atom. The number of halogens is 1. The third-order valence-electron chi connectivity index (χ3n) is 5.97. The molecule has 1 aliphatic heterocycles. The summed E-state index contributed by atoms with van der Waals surface area (Å²) in [6, 6.07) is 14.0. The highest BCUT2D eigenvalue weighted by molar-refractivity contribution is 6.30. The van der Waals surface area contributed by atoms with Gasteiger partial charge >= 0.3 is 0 Å². The zero-order valence-corrected chi connectivity index (χ0v) is 19.0. The van der Waals surface area contributed by atoms with Gasteiger partial charge in [-0.1, -0.05) is 48.9 Å². The highest BCUT2D eigenvalue weighted by Crippen LogP contribution is 2.36. The van der Waals surface area contributed by atoms with Crippen molar-refractivity contribution in [2.75, 3.05) is 13.2 Å². The molecule has 172 valence electrons. The summed E-state index contributed by atoms with van der Waals surface area (Å²) in [6.07, 6.45) is 1.60. The number of nitrogens with one attached hydrogen (secondary N) is 2. The van der Waals surface area contributed by atoms with Gasteiger partial charge in [-0.2, -0.15) is 5.10 Å². The number of aromatic nitrogens is 2. The summed E-state index contributed by atoms with van der Waals surface area (Å²) in [6.45, 7) is 3.14. The van der Waals surface area contributed by atoms with Crippen molar-refractivity contribution in [2.45, 2.75) is 38.1 Å². The van der Waals surface area contributed by atoms with Crippen molar-refractivity contribution < 1.29 is 14.3 Å². The molecule has 2 N–H and O–H groups in total. The van der Waals surface area contributed by atoms with Gasteiger partial charge in [-0.3, -0.25) is 25.2 Å². The third-order valence-corrected chi connectivity index (χ3v) is 6.20. The molecular formula is C24H25ClN4O4. The Balaban J connectivity index is 1.62. The molecule has 1 fully saturated rings. The first-order valence-corrected chi connectivity index (χ1v) is 11.3. The monoisotopic (exact) mass is 468 g/mol. The number of hydrogen-bond acceptors (Lipinski definition) is 5. The van der Waals surface area contributed by atoms with Crippen LogP contribution >= 0.6 is 11.6 Å². The Morgan fingerprint density at radius 3 is 2.52 bits per heavy atom. The van der Waals surface area contributed by atoms with Gasteiger partial charge in [0.05, 0.1) is 10.8 Å². The summed E-state index contributed by atoms with van der Waals surface area (Å²) >= 11 is 6.18. The van der Waals surface area contributed by atoms with E-state index in [1.807, 2.05) is 13.0 Å². The van der Waals surface area contributed by atoms with E-state index in [0.717, 1.165) is 5.56 Å². The molecule has 0 spiro atoms. The summed E-state index contributed by atoms with van der Waals surface area (Å²) in [5, 5.41) is 5.63. The number of amides is 2. The molecule has 2 heterocycles. The Morgan fingerprint density at radius 1 is 1.09 bits per heavy atom. The molecule has 1 aromatic heterocycles. The maximum absolute atomic E-state index is 13.4. The van der Waals surface area contributed by atoms with Crippen LogP contribution in [0, 0.1) is 0 Å². The van der Waals surface area contributed by atoms with Gasteiger partial charge < -0.3 is 4.74 Å². The molecule has 0 saturated carbocycles. The van der Waals surface area contributed by atoms with E-state index in [1.54, 1.807) is 42.5 Å².